The lowest BCUT2D eigenvalue weighted by atomic mass is 9.73. The van der Waals surface area contributed by atoms with E-state index in [9.17, 15) is 4.79 Å². The second kappa shape index (κ2) is 7.02. The smallest absolute Gasteiger partial charge is 0.231 e. The summed E-state index contributed by atoms with van der Waals surface area (Å²) < 4.78 is 5.54. The third-order valence-corrected chi connectivity index (χ3v) is 5.49. The van der Waals surface area contributed by atoms with Crippen LogP contribution in [0.5, 0.6) is 0 Å². The molecule has 3 rings (SSSR count). The molecule has 2 aliphatic heterocycles. The number of ether oxygens (including phenoxy) is 1. The molecule has 0 bridgehead atoms. The first-order chi connectivity index (χ1) is 11.1. The van der Waals surface area contributed by atoms with Gasteiger partial charge in [0.1, 0.15) is 0 Å². The highest BCUT2D eigenvalue weighted by molar-refractivity contribution is 5.88. The molecule has 0 aromatic heterocycles. The molecule has 0 radical (unpaired) electrons. The van der Waals surface area contributed by atoms with E-state index in [0.29, 0.717) is 19.1 Å². The number of hydrogen-bond acceptors (Lipinski definition) is 3. The fourth-order valence-electron chi connectivity index (χ4n) is 3.77. The van der Waals surface area contributed by atoms with Crippen LogP contribution in [0.4, 0.5) is 0 Å². The van der Waals surface area contributed by atoms with E-state index in [1.54, 1.807) is 0 Å². The lowest BCUT2D eigenvalue weighted by Gasteiger charge is -2.39. The Balaban J connectivity index is 1.83. The van der Waals surface area contributed by atoms with E-state index < -0.39 is 5.41 Å². The monoisotopic (exact) mass is 316 g/mol. The predicted molar refractivity (Wildman–Crippen MR) is 91.5 cm³/mol. The van der Waals surface area contributed by atoms with Crippen molar-refractivity contribution in [3.05, 3.63) is 35.4 Å². The Kier molecular flexibility index (Phi) is 5.02. The van der Waals surface area contributed by atoms with Crippen molar-refractivity contribution in [1.82, 2.24) is 10.6 Å². The molecule has 126 valence electrons. The van der Waals surface area contributed by atoms with Crippen LogP contribution in [0, 0.1) is 12.8 Å². The van der Waals surface area contributed by atoms with Crippen LogP contribution in [-0.4, -0.2) is 38.3 Å². The van der Waals surface area contributed by atoms with Gasteiger partial charge in [0.05, 0.1) is 5.41 Å². The summed E-state index contributed by atoms with van der Waals surface area (Å²) in [7, 11) is 0. The van der Waals surface area contributed by atoms with E-state index in [1.165, 1.54) is 5.56 Å². The van der Waals surface area contributed by atoms with E-state index in [2.05, 4.69) is 48.7 Å². The summed E-state index contributed by atoms with van der Waals surface area (Å²) in [5.41, 5.74) is 1.92. The van der Waals surface area contributed by atoms with Crippen LogP contribution in [0.15, 0.2) is 24.3 Å². The number of amides is 1. The SMILES string of the molecule is Cc1ccc(C2(C(=O)NC3CCNCC3C)CCOCC2)cc1. The molecule has 2 fully saturated rings. The van der Waals surface area contributed by atoms with Gasteiger partial charge < -0.3 is 15.4 Å². The molecule has 23 heavy (non-hydrogen) atoms. The van der Waals surface area contributed by atoms with Crippen LogP contribution in [0.2, 0.25) is 0 Å². The number of piperidine rings is 1. The van der Waals surface area contributed by atoms with Crippen molar-refractivity contribution in [3.8, 4) is 0 Å². The second-order valence-electron chi connectivity index (χ2n) is 7.11. The highest BCUT2D eigenvalue weighted by atomic mass is 16.5. The quantitative estimate of drug-likeness (QED) is 0.898. The fourth-order valence-corrected chi connectivity index (χ4v) is 3.77. The normalized spacial score (nSPS) is 27.4. The average Bonchev–Trinajstić information content (AvgIpc) is 2.58. The highest BCUT2D eigenvalue weighted by Gasteiger charge is 2.42. The zero-order valence-electron chi connectivity index (χ0n) is 14.2. The zero-order valence-corrected chi connectivity index (χ0v) is 14.2. The summed E-state index contributed by atoms with van der Waals surface area (Å²) in [6, 6.07) is 8.71. The molecule has 4 heteroatoms. The Morgan fingerprint density at radius 1 is 1.26 bits per heavy atom. The minimum absolute atomic E-state index is 0.184. The van der Waals surface area contributed by atoms with Crippen molar-refractivity contribution < 1.29 is 9.53 Å². The van der Waals surface area contributed by atoms with Gasteiger partial charge in [0, 0.05) is 19.3 Å². The van der Waals surface area contributed by atoms with Crippen molar-refractivity contribution in [2.24, 2.45) is 5.92 Å². The topological polar surface area (TPSA) is 50.4 Å². The third kappa shape index (κ3) is 3.43. The van der Waals surface area contributed by atoms with Gasteiger partial charge in [-0.05, 0) is 50.8 Å². The molecule has 2 heterocycles. The Labute approximate surface area is 139 Å². The summed E-state index contributed by atoms with van der Waals surface area (Å²) in [6.45, 7) is 7.56. The molecule has 4 nitrogen and oxygen atoms in total. The Bertz CT molecular complexity index is 535. The van der Waals surface area contributed by atoms with Crippen molar-refractivity contribution in [2.45, 2.75) is 44.6 Å². The van der Waals surface area contributed by atoms with Gasteiger partial charge >= 0.3 is 0 Å². The van der Waals surface area contributed by atoms with Gasteiger partial charge in [-0.15, -0.1) is 0 Å². The van der Waals surface area contributed by atoms with E-state index in [4.69, 9.17) is 4.74 Å². The summed E-state index contributed by atoms with van der Waals surface area (Å²) in [5.74, 6) is 0.658. The maximum Gasteiger partial charge on any atom is 0.231 e. The van der Waals surface area contributed by atoms with Crippen molar-refractivity contribution in [2.75, 3.05) is 26.3 Å². The Morgan fingerprint density at radius 3 is 2.61 bits per heavy atom. The first-order valence-electron chi connectivity index (χ1n) is 8.78. The van der Waals surface area contributed by atoms with Crippen molar-refractivity contribution in [1.29, 1.82) is 0 Å². The van der Waals surface area contributed by atoms with Crippen LogP contribution in [0.1, 0.15) is 37.3 Å². The third-order valence-electron chi connectivity index (χ3n) is 5.49. The van der Waals surface area contributed by atoms with Crippen LogP contribution >= 0.6 is 0 Å². The molecule has 0 spiro atoms. The molecule has 2 unspecified atom stereocenters. The Morgan fingerprint density at radius 2 is 1.96 bits per heavy atom. The lowest BCUT2D eigenvalue weighted by Crippen LogP contribution is -2.55. The number of carbonyl (C=O) groups is 1. The molecule has 2 aliphatic rings. The van der Waals surface area contributed by atoms with E-state index in [1.807, 2.05) is 0 Å². The second-order valence-corrected chi connectivity index (χ2v) is 7.11. The van der Waals surface area contributed by atoms with Crippen molar-refractivity contribution in [3.63, 3.8) is 0 Å². The van der Waals surface area contributed by atoms with Gasteiger partial charge in [-0.25, -0.2) is 0 Å². The fraction of sp³-hybridized carbons (Fsp3) is 0.632. The summed E-state index contributed by atoms with van der Waals surface area (Å²) in [4.78, 5) is 13.2. The van der Waals surface area contributed by atoms with Gasteiger partial charge in [-0.3, -0.25) is 4.79 Å². The maximum absolute atomic E-state index is 13.2. The van der Waals surface area contributed by atoms with E-state index in [-0.39, 0.29) is 11.9 Å². The van der Waals surface area contributed by atoms with E-state index in [0.717, 1.165) is 37.9 Å². The number of nitrogens with one attached hydrogen (secondary N) is 2. The van der Waals surface area contributed by atoms with Crippen LogP contribution < -0.4 is 10.6 Å². The van der Waals surface area contributed by atoms with Gasteiger partial charge in [-0.1, -0.05) is 36.8 Å². The van der Waals surface area contributed by atoms with Crippen LogP contribution in [-0.2, 0) is 14.9 Å². The van der Waals surface area contributed by atoms with Crippen LogP contribution in [0.25, 0.3) is 0 Å². The van der Waals surface area contributed by atoms with Gasteiger partial charge in [0.25, 0.3) is 0 Å². The van der Waals surface area contributed by atoms with Gasteiger partial charge in [-0.2, -0.15) is 0 Å². The molecular weight excluding hydrogens is 288 g/mol. The molecule has 2 atom stereocenters. The maximum atomic E-state index is 13.2. The largest absolute Gasteiger partial charge is 0.381 e. The highest BCUT2D eigenvalue weighted by Crippen LogP contribution is 2.35. The molecule has 0 saturated carbocycles. The molecular formula is C19H28N2O2. The lowest BCUT2D eigenvalue weighted by molar-refractivity contribution is -0.131. The molecule has 1 amide bonds. The summed E-state index contributed by atoms with van der Waals surface area (Å²) in [6.07, 6.45) is 2.54. The van der Waals surface area contributed by atoms with E-state index >= 15 is 0 Å². The summed E-state index contributed by atoms with van der Waals surface area (Å²) >= 11 is 0. The van der Waals surface area contributed by atoms with Crippen LogP contribution in [0.3, 0.4) is 0 Å². The zero-order chi connectivity index (χ0) is 16.3. The van der Waals surface area contributed by atoms with Gasteiger partial charge in [0.2, 0.25) is 5.91 Å². The summed E-state index contributed by atoms with van der Waals surface area (Å²) in [5, 5.41) is 6.75. The molecule has 2 saturated heterocycles. The number of benzene rings is 1. The minimum atomic E-state index is -0.434. The average molecular weight is 316 g/mol. The predicted octanol–water partition coefficient (Wildman–Crippen LogP) is 2.16. The van der Waals surface area contributed by atoms with Crippen molar-refractivity contribution >= 4 is 5.91 Å². The molecule has 2 N–H and O–H groups in total. The van der Waals surface area contributed by atoms with Gasteiger partial charge in [0.15, 0.2) is 0 Å². The number of carbonyl (C=O) groups excluding carboxylic acids is 1. The molecule has 1 aromatic rings. The first kappa shape index (κ1) is 16.5. The number of rotatable bonds is 3. The molecule has 1 aromatic carbocycles. The Hall–Kier alpha value is -1.39. The number of hydrogen-bond donors (Lipinski definition) is 2. The first-order valence-corrected chi connectivity index (χ1v) is 8.78. The number of aryl methyl sites for hydroxylation is 1. The standard InChI is InChI=1S/C19H28N2O2/c1-14-3-5-16(6-4-14)19(8-11-23-12-9-19)18(22)21-17-7-10-20-13-15(17)2/h3-6,15,17,20H,7-13H2,1-2H3,(H,21,22). The minimum Gasteiger partial charge on any atom is -0.381 e. The molecule has 0 aliphatic carbocycles.